The highest BCUT2D eigenvalue weighted by molar-refractivity contribution is 7.94. The molecule has 0 aliphatic carbocycles. The lowest BCUT2D eigenvalue weighted by Gasteiger charge is -2.15. The number of benzene rings is 4. The van der Waals surface area contributed by atoms with Crippen LogP contribution in [0.3, 0.4) is 0 Å². The highest BCUT2D eigenvalue weighted by Crippen LogP contribution is 2.47. The Hall–Kier alpha value is -5.02. The Morgan fingerprint density at radius 1 is 0.889 bits per heavy atom. The molecule has 0 fully saturated rings. The molecule has 20 nitrogen and oxygen atoms in total. The molecule has 1 heterocycles. The van der Waals surface area contributed by atoms with Crippen molar-refractivity contribution in [2.75, 3.05) is 17.2 Å². The van der Waals surface area contributed by atoms with Crippen LogP contribution in [0.2, 0.25) is 5.28 Å². The molecule has 0 saturated carbocycles. The average Bonchev–Trinajstić information content (AvgIpc) is 3.09. The Labute approximate surface area is 315 Å². The van der Waals surface area contributed by atoms with Crippen LogP contribution < -0.4 is 15.4 Å². The summed E-state index contributed by atoms with van der Waals surface area (Å²) in [4.78, 5) is 10.2. The van der Waals surface area contributed by atoms with E-state index >= 15 is 0 Å². The third-order valence-electron chi connectivity index (χ3n) is 6.89. The van der Waals surface area contributed by atoms with Crippen LogP contribution in [0, 0.1) is 0 Å². The predicted octanol–water partition coefficient (Wildman–Crippen LogP) is 6.52. The third kappa shape index (κ3) is 9.19. The second-order valence-electron chi connectivity index (χ2n) is 10.3. The minimum atomic E-state index is -5.16. The highest BCUT2D eigenvalue weighted by atomic mass is 35.5. The monoisotopic (exact) mass is 841 g/mol. The van der Waals surface area contributed by atoms with E-state index in [-0.39, 0.29) is 67.8 Å². The molecule has 25 heteroatoms. The van der Waals surface area contributed by atoms with Gasteiger partial charge in [-0.05, 0) is 73.1 Å². The number of sulfone groups is 1. The van der Waals surface area contributed by atoms with Gasteiger partial charge in [-0.1, -0.05) is 11.6 Å². The highest BCUT2D eigenvalue weighted by Gasteiger charge is 2.26. The maximum atomic E-state index is 12.8. The number of ether oxygens (including phenoxy) is 1. The van der Waals surface area contributed by atoms with E-state index in [4.69, 9.17) is 21.6 Å². The Morgan fingerprint density at radius 2 is 1.57 bits per heavy atom. The van der Waals surface area contributed by atoms with E-state index in [1.165, 1.54) is 36.4 Å². The average molecular weight is 842 g/mol. The zero-order valence-corrected chi connectivity index (χ0v) is 31.0. The number of aromatic nitrogens is 3. The lowest BCUT2D eigenvalue weighted by atomic mass is 10.1. The number of nitrogens with zero attached hydrogens (tertiary/aromatic N) is 5. The zero-order valence-electron chi connectivity index (χ0n) is 27.0. The molecule has 5 rings (SSSR count). The zero-order chi connectivity index (χ0) is 39.4. The van der Waals surface area contributed by atoms with E-state index in [1.54, 1.807) is 6.92 Å². The molecule has 0 radical (unpaired) electrons. The largest absolute Gasteiger partial charge is 0.505 e. The van der Waals surface area contributed by atoms with Gasteiger partial charge in [-0.25, -0.2) is 13.7 Å². The van der Waals surface area contributed by atoms with Crippen molar-refractivity contribution in [3.63, 3.8) is 0 Å². The quantitative estimate of drug-likeness (QED) is 0.0215. The van der Waals surface area contributed by atoms with Crippen LogP contribution in [0.25, 0.3) is 10.8 Å². The molecule has 6 N–H and O–H groups in total. The van der Waals surface area contributed by atoms with E-state index in [0.717, 1.165) is 29.7 Å². The van der Waals surface area contributed by atoms with Crippen molar-refractivity contribution in [1.29, 1.82) is 0 Å². The van der Waals surface area contributed by atoms with Gasteiger partial charge in [0.25, 0.3) is 20.2 Å². The first-order chi connectivity index (χ1) is 25.4. The molecule has 1 aromatic heterocycles. The van der Waals surface area contributed by atoms with Gasteiger partial charge in [-0.3, -0.25) is 9.11 Å². The molecule has 5 aromatic rings. The molecule has 0 atom stereocenters. The number of azo groups is 1. The van der Waals surface area contributed by atoms with E-state index < -0.39 is 57.0 Å². The summed E-state index contributed by atoms with van der Waals surface area (Å²) < 4.78 is 104. The summed E-state index contributed by atoms with van der Waals surface area (Å²) in [5.41, 5.74) is -0.864. The molecule has 54 heavy (non-hydrogen) atoms. The van der Waals surface area contributed by atoms with Crippen molar-refractivity contribution in [3.8, 4) is 11.5 Å². The SMILES string of the molecule is C=CS(=O)(=O)c1ccc(Nc2nc(Cl)nc(Nc3ccc4c(O)c(N=Nc5ccc(OCC)cc5S(=O)(=O)O)c(SOOO)cc4c3S(=O)(=O)O)n2)cc1. The molecule has 0 bridgehead atoms. The van der Waals surface area contributed by atoms with Gasteiger partial charge in [-0.2, -0.15) is 31.8 Å². The van der Waals surface area contributed by atoms with Gasteiger partial charge in [0.05, 0.1) is 34.1 Å². The van der Waals surface area contributed by atoms with E-state index in [9.17, 15) is 39.5 Å². The predicted molar refractivity (Wildman–Crippen MR) is 193 cm³/mol. The molecule has 0 aliphatic heterocycles. The number of aromatic hydroxyl groups is 1. The van der Waals surface area contributed by atoms with E-state index in [1.807, 2.05) is 0 Å². The number of hydrogen-bond acceptors (Lipinski definition) is 19. The topological polar surface area (TPSA) is 298 Å². The number of nitrogens with one attached hydrogen (secondary N) is 2. The fourth-order valence-electron chi connectivity index (χ4n) is 4.66. The molecule has 284 valence electrons. The number of fused-ring (bicyclic) bond motifs is 1. The Morgan fingerprint density at radius 3 is 2.19 bits per heavy atom. The van der Waals surface area contributed by atoms with E-state index in [0.29, 0.717) is 5.69 Å². The van der Waals surface area contributed by atoms with Crippen molar-refractivity contribution >= 4 is 99.1 Å². The van der Waals surface area contributed by atoms with Crippen LogP contribution in [-0.4, -0.2) is 66.3 Å². The lowest BCUT2D eigenvalue weighted by Crippen LogP contribution is -2.08. The molecule has 0 aliphatic rings. The first kappa shape index (κ1) is 40.2. The number of rotatable bonds is 15. The van der Waals surface area contributed by atoms with Crippen LogP contribution in [0.1, 0.15) is 6.92 Å². The summed E-state index contributed by atoms with van der Waals surface area (Å²) in [5.74, 6) is -1.18. The molecule has 0 amide bonds. The summed E-state index contributed by atoms with van der Waals surface area (Å²) >= 11 is 6.29. The summed E-state index contributed by atoms with van der Waals surface area (Å²) in [6, 6.07) is 12.3. The summed E-state index contributed by atoms with van der Waals surface area (Å²) in [6.45, 7) is 5.10. The second kappa shape index (κ2) is 16.1. The van der Waals surface area contributed by atoms with Crippen LogP contribution >= 0.6 is 23.6 Å². The Kier molecular flexibility index (Phi) is 12.0. The summed E-state index contributed by atoms with van der Waals surface area (Å²) in [5, 5.41) is 36.7. The first-order valence-corrected chi connectivity index (χ1v) is 20.0. The maximum Gasteiger partial charge on any atom is 0.297 e. The number of phenols is 1. The van der Waals surface area contributed by atoms with Crippen LogP contribution in [-0.2, 0) is 39.4 Å². The van der Waals surface area contributed by atoms with Crippen molar-refractivity contribution in [3.05, 3.63) is 77.9 Å². The summed E-state index contributed by atoms with van der Waals surface area (Å²) in [6.07, 6.45) is 0. The second-order valence-corrected chi connectivity index (χ2v) is 16.0. The molecule has 0 spiro atoms. The van der Waals surface area contributed by atoms with Crippen molar-refractivity contribution in [1.82, 2.24) is 15.0 Å². The minimum Gasteiger partial charge on any atom is -0.505 e. The maximum absolute atomic E-state index is 12.8. The molecule has 0 saturated heterocycles. The Balaban J connectivity index is 1.58. The van der Waals surface area contributed by atoms with Gasteiger partial charge in [0.15, 0.2) is 15.6 Å². The van der Waals surface area contributed by atoms with Crippen molar-refractivity contribution in [2.45, 2.75) is 26.5 Å². The molecular formula is C29H24ClN7O13S4. The van der Waals surface area contributed by atoms with Gasteiger partial charge < -0.3 is 20.5 Å². The molecular weight excluding hydrogens is 818 g/mol. The summed E-state index contributed by atoms with van der Waals surface area (Å²) in [7, 11) is -13.7. The van der Waals surface area contributed by atoms with Crippen LogP contribution in [0.5, 0.6) is 11.5 Å². The fraction of sp³-hybridized carbons (Fsp3) is 0.0690. The molecule has 0 unspecified atom stereocenters. The van der Waals surface area contributed by atoms with Gasteiger partial charge in [0, 0.05) is 27.9 Å². The molecule has 4 aromatic carbocycles. The Bertz CT molecular complexity index is 2630. The van der Waals surface area contributed by atoms with Gasteiger partial charge in [0.1, 0.15) is 26.9 Å². The lowest BCUT2D eigenvalue weighted by molar-refractivity contribution is -0.432. The van der Waals surface area contributed by atoms with Gasteiger partial charge >= 0.3 is 0 Å². The normalized spacial score (nSPS) is 12.2. The number of halogens is 1. The van der Waals surface area contributed by atoms with Crippen molar-refractivity contribution < 1.29 is 58.8 Å². The van der Waals surface area contributed by atoms with E-state index in [2.05, 4.69) is 51.8 Å². The van der Waals surface area contributed by atoms with Crippen LogP contribution in [0.4, 0.5) is 34.6 Å². The number of hydrogen-bond donors (Lipinski definition) is 6. The minimum absolute atomic E-state index is 0.0229. The number of phenolic OH excluding ortho intramolecular Hbond substituents is 1. The van der Waals surface area contributed by atoms with Gasteiger partial charge in [0.2, 0.25) is 17.2 Å². The third-order valence-corrected chi connectivity index (χ3v) is 10.9. The van der Waals surface area contributed by atoms with Gasteiger partial charge in [-0.15, -0.1) is 14.6 Å². The first-order valence-electron chi connectivity index (χ1n) is 14.5. The van der Waals surface area contributed by atoms with Crippen molar-refractivity contribution in [2.24, 2.45) is 10.2 Å². The smallest absolute Gasteiger partial charge is 0.297 e. The standard InChI is InChI=1S/C29H24ClN7O13S4/c1-3-48-16-7-11-20(23(13-16)53(42,43)44)36-37-24-22(51-50-49-39)14-19-18(25(24)38)10-12-21(26(19)54(45,46)47)32-29-34-27(30)33-28(35-29)31-15-5-8-17(9-6-15)52(40,41)4-2/h4-14,38-39H,2-3H2,1H3,(H,42,43,44)(H,45,46,47)(H2,31,32,33,34,35). The number of anilines is 4. The fourth-order valence-corrected chi connectivity index (χ4v) is 7.50. The van der Waals surface area contributed by atoms with Crippen LogP contribution in [0.15, 0.2) is 102 Å².